The van der Waals surface area contributed by atoms with Gasteiger partial charge in [-0.3, -0.25) is 9.48 Å². The van der Waals surface area contributed by atoms with Crippen LogP contribution in [-0.2, 0) is 25.3 Å². The summed E-state index contributed by atoms with van der Waals surface area (Å²) in [6, 6.07) is 0. The first-order valence-electron chi connectivity index (χ1n) is 7.45. The lowest BCUT2D eigenvalue weighted by atomic mass is 10.1. The third kappa shape index (κ3) is 2.75. The zero-order chi connectivity index (χ0) is 15.7. The lowest BCUT2D eigenvalue weighted by Gasteiger charge is -2.30. The summed E-state index contributed by atoms with van der Waals surface area (Å²) in [5.41, 5.74) is 0.866. The molecule has 0 aliphatic carbocycles. The van der Waals surface area contributed by atoms with Crippen molar-refractivity contribution in [2.24, 2.45) is 14.1 Å². The molecule has 1 aliphatic rings. The van der Waals surface area contributed by atoms with E-state index in [0.29, 0.717) is 0 Å². The Morgan fingerprint density at radius 1 is 1.36 bits per heavy atom. The fourth-order valence-corrected chi connectivity index (χ4v) is 3.76. The Hall–Kier alpha value is -1.83. The number of nitrogens with zero attached hydrogens (tertiary/aromatic N) is 6. The van der Waals surface area contributed by atoms with Crippen LogP contribution >= 0.6 is 11.8 Å². The van der Waals surface area contributed by atoms with Crippen molar-refractivity contribution in [3.05, 3.63) is 18.2 Å². The Kier molecular flexibility index (Phi) is 4.19. The zero-order valence-corrected chi connectivity index (χ0v) is 13.9. The van der Waals surface area contributed by atoms with Gasteiger partial charge in [-0.1, -0.05) is 18.7 Å². The molecule has 1 aliphatic heterocycles. The quantitative estimate of drug-likeness (QED) is 0.852. The highest BCUT2D eigenvalue weighted by Crippen LogP contribution is 2.31. The van der Waals surface area contributed by atoms with E-state index in [0.717, 1.165) is 42.5 Å². The molecule has 3 rings (SSSR count). The van der Waals surface area contributed by atoms with Crippen molar-refractivity contribution in [1.29, 1.82) is 0 Å². The normalized spacial score (nSPS) is 19.0. The first kappa shape index (κ1) is 15.1. The van der Waals surface area contributed by atoms with Crippen LogP contribution in [-0.4, -0.2) is 42.2 Å². The van der Waals surface area contributed by atoms with Crippen molar-refractivity contribution in [1.82, 2.24) is 24.5 Å². The molecule has 1 fully saturated rings. The van der Waals surface area contributed by atoms with E-state index in [9.17, 15) is 4.79 Å². The number of rotatable bonds is 4. The van der Waals surface area contributed by atoms with E-state index in [2.05, 4.69) is 15.3 Å². The molecule has 0 saturated carbocycles. The van der Waals surface area contributed by atoms with Crippen molar-refractivity contribution in [2.45, 2.75) is 36.6 Å². The minimum atomic E-state index is -0.110. The minimum Gasteiger partial charge on any atom is -0.309 e. The van der Waals surface area contributed by atoms with Crippen LogP contribution in [0.1, 0.15) is 25.6 Å². The highest BCUT2D eigenvalue weighted by Gasteiger charge is 2.32. The van der Waals surface area contributed by atoms with E-state index in [1.807, 2.05) is 36.7 Å². The van der Waals surface area contributed by atoms with Crippen LogP contribution in [0.2, 0.25) is 0 Å². The van der Waals surface area contributed by atoms with Crippen molar-refractivity contribution in [3.8, 4) is 0 Å². The van der Waals surface area contributed by atoms with E-state index >= 15 is 0 Å². The molecule has 3 heterocycles. The number of hydrogen-bond acceptors (Lipinski definition) is 5. The Morgan fingerprint density at radius 2 is 2.18 bits per heavy atom. The topological polar surface area (TPSA) is 68.8 Å². The van der Waals surface area contributed by atoms with Crippen LogP contribution in [0.4, 0.5) is 5.69 Å². The zero-order valence-electron chi connectivity index (χ0n) is 13.1. The van der Waals surface area contributed by atoms with Crippen molar-refractivity contribution < 1.29 is 4.79 Å². The average Bonchev–Trinajstić information content (AvgIpc) is 3.08. The number of aromatic nitrogens is 5. The van der Waals surface area contributed by atoms with Crippen LogP contribution < -0.4 is 4.90 Å². The molecule has 0 bridgehead atoms. The van der Waals surface area contributed by atoms with Gasteiger partial charge in [0.25, 0.3) is 0 Å². The monoisotopic (exact) mass is 320 g/mol. The Labute approximate surface area is 133 Å². The highest BCUT2D eigenvalue weighted by molar-refractivity contribution is 8.00. The van der Waals surface area contributed by atoms with Crippen LogP contribution in [0.25, 0.3) is 0 Å². The smallest absolute Gasteiger partial charge is 0.240 e. The molecule has 0 N–H and O–H groups in total. The number of piperidine rings is 1. The maximum absolute atomic E-state index is 12.7. The summed E-state index contributed by atoms with van der Waals surface area (Å²) >= 11 is 1.51. The number of amides is 1. The maximum Gasteiger partial charge on any atom is 0.240 e. The van der Waals surface area contributed by atoms with Gasteiger partial charge in [-0.15, -0.1) is 10.2 Å². The third-order valence-electron chi connectivity index (χ3n) is 3.88. The molecule has 0 radical (unpaired) electrons. The summed E-state index contributed by atoms with van der Waals surface area (Å²) in [6.45, 7) is 2.80. The van der Waals surface area contributed by atoms with Gasteiger partial charge < -0.3 is 9.47 Å². The van der Waals surface area contributed by atoms with E-state index in [1.165, 1.54) is 11.8 Å². The van der Waals surface area contributed by atoms with Gasteiger partial charge in [0.05, 0.1) is 17.1 Å². The van der Waals surface area contributed by atoms with Gasteiger partial charge >= 0.3 is 0 Å². The number of anilines is 1. The summed E-state index contributed by atoms with van der Waals surface area (Å²) in [6.07, 6.45) is 6.31. The standard InChI is InChI=1S/C14H20N6OS/c1-4-12-16-17-14(19(12)3)22-11-6-5-7-20(13(11)21)10-8-15-18(2)9-10/h8-9,11H,4-7H2,1-3H3. The minimum absolute atomic E-state index is 0.110. The molecule has 1 amide bonds. The SMILES string of the molecule is CCc1nnc(SC2CCCN(c3cnn(C)c3)C2=O)n1C. The van der Waals surface area contributed by atoms with Crippen LogP contribution in [0.5, 0.6) is 0 Å². The first-order chi connectivity index (χ1) is 10.6. The molecular weight excluding hydrogens is 300 g/mol. The first-order valence-corrected chi connectivity index (χ1v) is 8.33. The molecule has 1 atom stereocenters. The van der Waals surface area contributed by atoms with E-state index in [4.69, 9.17) is 0 Å². The van der Waals surface area contributed by atoms with Crippen LogP contribution in [0.3, 0.4) is 0 Å². The third-order valence-corrected chi connectivity index (χ3v) is 5.17. The Bertz CT molecular complexity index is 679. The number of thioether (sulfide) groups is 1. The van der Waals surface area contributed by atoms with Gasteiger partial charge in [-0.2, -0.15) is 5.10 Å². The van der Waals surface area contributed by atoms with E-state index in [-0.39, 0.29) is 11.2 Å². The Balaban J connectivity index is 1.76. The summed E-state index contributed by atoms with van der Waals surface area (Å²) in [7, 11) is 3.81. The predicted octanol–water partition coefficient (Wildman–Crippen LogP) is 1.40. The summed E-state index contributed by atoms with van der Waals surface area (Å²) in [5.74, 6) is 1.07. The molecule has 1 unspecified atom stereocenters. The summed E-state index contributed by atoms with van der Waals surface area (Å²) < 4.78 is 3.69. The molecule has 0 aromatic carbocycles. The lowest BCUT2D eigenvalue weighted by molar-refractivity contribution is -0.119. The van der Waals surface area contributed by atoms with Gasteiger partial charge in [-0.05, 0) is 12.8 Å². The van der Waals surface area contributed by atoms with Crippen molar-refractivity contribution >= 4 is 23.4 Å². The van der Waals surface area contributed by atoms with Crippen LogP contribution in [0.15, 0.2) is 17.6 Å². The number of carbonyl (C=O) groups excluding carboxylic acids is 1. The molecule has 2 aromatic heterocycles. The van der Waals surface area contributed by atoms with E-state index in [1.54, 1.807) is 10.9 Å². The molecule has 2 aromatic rings. The van der Waals surface area contributed by atoms with Crippen LogP contribution in [0, 0.1) is 0 Å². The number of carbonyl (C=O) groups is 1. The molecule has 7 nitrogen and oxygen atoms in total. The molecule has 22 heavy (non-hydrogen) atoms. The average molecular weight is 320 g/mol. The van der Waals surface area contributed by atoms with Crippen molar-refractivity contribution in [3.63, 3.8) is 0 Å². The second-order valence-electron chi connectivity index (χ2n) is 5.42. The molecule has 8 heteroatoms. The van der Waals surface area contributed by atoms with Gasteiger partial charge in [0.15, 0.2) is 5.16 Å². The largest absolute Gasteiger partial charge is 0.309 e. The number of aryl methyl sites for hydroxylation is 2. The number of hydrogen-bond donors (Lipinski definition) is 0. The molecular formula is C14H20N6OS. The molecule has 1 saturated heterocycles. The second kappa shape index (κ2) is 6.12. The summed E-state index contributed by atoms with van der Waals surface area (Å²) in [4.78, 5) is 14.6. The highest BCUT2D eigenvalue weighted by atomic mass is 32.2. The van der Waals surface area contributed by atoms with Gasteiger partial charge in [0, 0.05) is 33.3 Å². The maximum atomic E-state index is 12.7. The van der Waals surface area contributed by atoms with Gasteiger partial charge in [-0.25, -0.2) is 0 Å². The van der Waals surface area contributed by atoms with Gasteiger partial charge in [0.1, 0.15) is 5.82 Å². The predicted molar refractivity (Wildman–Crippen MR) is 84.8 cm³/mol. The fourth-order valence-electron chi connectivity index (χ4n) is 2.64. The van der Waals surface area contributed by atoms with Crippen molar-refractivity contribution in [2.75, 3.05) is 11.4 Å². The second-order valence-corrected chi connectivity index (χ2v) is 6.59. The lowest BCUT2D eigenvalue weighted by Crippen LogP contribution is -2.43. The summed E-state index contributed by atoms with van der Waals surface area (Å²) in [5, 5.41) is 13.2. The fraction of sp³-hybridized carbons (Fsp3) is 0.571. The van der Waals surface area contributed by atoms with Gasteiger partial charge in [0.2, 0.25) is 5.91 Å². The molecule has 0 spiro atoms. The van der Waals surface area contributed by atoms with E-state index < -0.39 is 0 Å². The Morgan fingerprint density at radius 3 is 2.82 bits per heavy atom. The molecule has 118 valence electrons.